The van der Waals surface area contributed by atoms with E-state index in [2.05, 4.69) is 6.07 Å². The fourth-order valence-corrected chi connectivity index (χ4v) is 0.650. The van der Waals surface area contributed by atoms with Crippen LogP contribution >= 0.6 is 0 Å². The van der Waals surface area contributed by atoms with Crippen molar-refractivity contribution in [1.29, 1.82) is 0 Å². The van der Waals surface area contributed by atoms with Crippen LogP contribution in [0.4, 0.5) is 0 Å². The minimum atomic E-state index is 0. The first-order chi connectivity index (χ1) is 4.86. The van der Waals surface area contributed by atoms with E-state index in [-0.39, 0.29) is 40.0 Å². The van der Waals surface area contributed by atoms with Gasteiger partial charge in [0.05, 0.1) is 14.2 Å². The first-order valence-corrected chi connectivity index (χ1v) is 2.96. The van der Waals surface area contributed by atoms with Crippen molar-refractivity contribution in [2.45, 2.75) is 0 Å². The van der Waals surface area contributed by atoms with Crippen LogP contribution in [0.1, 0.15) is 0 Å². The quantitative estimate of drug-likeness (QED) is 0.446. The molecule has 4 heteroatoms. The van der Waals surface area contributed by atoms with Gasteiger partial charge in [-0.2, -0.15) is 0 Å². The minimum absolute atomic E-state index is 0. The van der Waals surface area contributed by atoms with E-state index in [1.54, 1.807) is 26.4 Å². The minimum Gasteiger partial charge on any atom is -1.00 e. The van der Waals surface area contributed by atoms with E-state index < -0.39 is 0 Å². The van der Waals surface area contributed by atoms with Crippen LogP contribution < -0.4 is 26.5 Å². The maximum absolute atomic E-state index is 4.93. The molecule has 0 spiro atoms. The molecule has 62 valence electrons. The Bertz CT molecular complexity index is 178. The summed E-state index contributed by atoms with van der Waals surface area (Å²) >= 11 is 0. The van der Waals surface area contributed by atoms with Crippen LogP contribution in [0, 0.1) is 6.07 Å². The third-order valence-electron chi connectivity index (χ3n) is 1.21. The number of hydrogen-bond acceptors (Lipinski definition) is 2. The third kappa shape index (κ3) is 4.18. The van der Waals surface area contributed by atoms with Gasteiger partial charge in [0.25, 0.3) is 0 Å². The van der Waals surface area contributed by atoms with Crippen molar-refractivity contribution in [2.24, 2.45) is 0 Å². The van der Waals surface area contributed by atoms with Crippen LogP contribution in [0.25, 0.3) is 0 Å². The van der Waals surface area contributed by atoms with E-state index in [0.29, 0.717) is 0 Å². The average Bonchev–Trinajstić information content (AvgIpc) is 2.05. The predicted molar refractivity (Wildman–Crippen MR) is 44.1 cm³/mol. The Morgan fingerprint density at radius 1 is 1.17 bits per heavy atom. The molecular formula is C8H9BrMgO2. The van der Waals surface area contributed by atoms with Gasteiger partial charge in [-0.25, -0.2) is 0 Å². The Kier molecular flexibility index (Phi) is 9.36. The molecule has 0 amide bonds. The summed E-state index contributed by atoms with van der Waals surface area (Å²) in [4.78, 5) is 0. The molecule has 0 bridgehead atoms. The third-order valence-corrected chi connectivity index (χ3v) is 1.21. The van der Waals surface area contributed by atoms with E-state index in [4.69, 9.17) is 9.47 Å². The molecule has 2 nitrogen and oxygen atoms in total. The number of halogens is 1. The molecule has 0 aliphatic heterocycles. The Balaban J connectivity index is 0. The summed E-state index contributed by atoms with van der Waals surface area (Å²) in [5, 5.41) is 0. The van der Waals surface area contributed by atoms with Gasteiger partial charge >= 0.3 is 23.1 Å². The van der Waals surface area contributed by atoms with E-state index >= 15 is 0 Å². The second kappa shape index (κ2) is 7.70. The van der Waals surface area contributed by atoms with Crippen molar-refractivity contribution in [3.63, 3.8) is 0 Å². The molecule has 0 aromatic heterocycles. The van der Waals surface area contributed by atoms with Crippen LogP contribution in [-0.2, 0) is 0 Å². The second-order valence-electron chi connectivity index (χ2n) is 1.80. The fourth-order valence-electron chi connectivity index (χ4n) is 0.650. The SMILES string of the molecule is COc1[c-]cc(OC)cc1.[Br-].[Mg+2]. The van der Waals surface area contributed by atoms with Gasteiger partial charge in [0, 0.05) is 11.5 Å². The van der Waals surface area contributed by atoms with Gasteiger partial charge in [0.1, 0.15) is 0 Å². The molecule has 0 heterocycles. The van der Waals surface area contributed by atoms with Crippen LogP contribution in [0.5, 0.6) is 11.5 Å². The van der Waals surface area contributed by atoms with Crippen molar-refractivity contribution in [2.75, 3.05) is 14.2 Å². The molecular weight excluding hydrogens is 232 g/mol. The summed E-state index contributed by atoms with van der Waals surface area (Å²) in [5.41, 5.74) is 0. The molecule has 0 atom stereocenters. The van der Waals surface area contributed by atoms with Crippen LogP contribution in [0.15, 0.2) is 18.2 Å². The van der Waals surface area contributed by atoms with Gasteiger partial charge in [0.2, 0.25) is 0 Å². The molecule has 0 saturated carbocycles. The number of methoxy groups -OCH3 is 2. The van der Waals surface area contributed by atoms with Crippen LogP contribution in [-0.4, -0.2) is 37.3 Å². The molecule has 0 unspecified atom stereocenters. The standard InChI is InChI=1S/C8H9O2.BrH.Mg/c1-9-7-3-5-8(10-2)6-4-7;;/h3-5H,1-2H3;1H;/q-1;;+2/p-1. The van der Waals surface area contributed by atoms with Crippen LogP contribution in [0.3, 0.4) is 0 Å². The molecule has 0 aliphatic rings. The zero-order valence-electron chi connectivity index (χ0n) is 7.13. The van der Waals surface area contributed by atoms with Gasteiger partial charge in [-0.15, -0.1) is 24.3 Å². The van der Waals surface area contributed by atoms with Crippen molar-refractivity contribution in [3.05, 3.63) is 24.3 Å². The van der Waals surface area contributed by atoms with Gasteiger partial charge in [-0.3, -0.25) is 0 Å². The van der Waals surface area contributed by atoms with Crippen molar-refractivity contribution < 1.29 is 26.5 Å². The maximum Gasteiger partial charge on any atom is 2.00 e. The van der Waals surface area contributed by atoms with Gasteiger partial charge < -0.3 is 26.5 Å². The number of hydrogen-bond donors (Lipinski definition) is 0. The number of ether oxygens (including phenoxy) is 2. The van der Waals surface area contributed by atoms with E-state index in [1.165, 1.54) is 0 Å². The molecule has 1 aromatic carbocycles. The summed E-state index contributed by atoms with van der Waals surface area (Å²) in [5.74, 6) is 1.52. The fraction of sp³-hybridized carbons (Fsp3) is 0.250. The van der Waals surface area contributed by atoms with Crippen molar-refractivity contribution in [3.8, 4) is 11.5 Å². The van der Waals surface area contributed by atoms with Gasteiger partial charge in [-0.1, -0.05) is 0 Å². The summed E-state index contributed by atoms with van der Waals surface area (Å²) in [7, 11) is 3.23. The first kappa shape index (κ1) is 14.6. The van der Waals surface area contributed by atoms with E-state index in [9.17, 15) is 0 Å². The van der Waals surface area contributed by atoms with Crippen LogP contribution in [0.2, 0.25) is 0 Å². The van der Waals surface area contributed by atoms with Gasteiger partial charge in [-0.05, 0) is 0 Å². The molecule has 12 heavy (non-hydrogen) atoms. The Labute approximate surface area is 99.2 Å². The monoisotopic (exact) mass is 240 g/mol. The summed E-state index contributed by atoms with van der Waals surface area (Å²) in [6.07, 6.45) is 0. The molecule has 1 aromatic rings. The molecule has 0 N–H and O–H groups in total. The summed E-state index contributed by atoms with van der Waals surface area (Å²) in [6, 6.07) is 8.26. The average molecular weight is 241 g/mol. The Hall–Kier alpha value is 0.0662. The normalized spacial score (nSPS) is 7.50. The number of rotatable bonds is 2. The Morgan fingerprint density at radius 2 is 1.83 bits per heavy atom. The van der Waals surface area contributed by atoms with Crippen molar-refractivity contribution in [1.82, 2.24) is 0 Å². The second-order valence-corrected chi connectivity index (χ2v) is 1.80. The summed E-state index contributed by atoms with van der Waals surface area (Å²) in [6.45, 7) is 0. The van der Waals surface area contributed by atoms with E-state index in [1.807, 2.05) is 6.07 Å². The molecule has 1 rings (SSSR count). The molecule has 0 fully saturated rings. The van der Waals surface area contributed by atoms with Crippen molar-refractivity contribution >= 4 is 23.1 Å². The molecule has 0 aliphatic carbocycles. The maximum atomic E-state index is 4.93. The zero-order chi connectivity index (χ0) is 7.40. The smallest absolute Gasteiger partial charge is 1.00 e. The largest absolute Gasteiger partial charge is 2.00 e. The van der Waals surface area contributed by atoms with Gasteiger partial charge in [0.15, 0.2) is 0 Å². The predicted octanol–water partition coefficient (Wildman–Crippen LogP) is -1.87. The topological polar surface area (TPSA) is 18.5 Å². The molecule has 0 radical (unpaired) electrons. The van der Waals surface area contributed by atoms with E-state index in [0.717, 1.165) is 11.5 Å². The number of benzene rings is 1. The zero-order valence-corrected chi connectivity index (χ0v) is 10.1. The first-order valence-electron chi connectivity index (χ1n) is 2.96. The summed E-state index contributed by atoms with van der Waals surface area (Å²) < 4.78 is 9.83. The Morgan fingerprint density at radius 3 is 2.17 bits per heavy atom. The molecule has 0 saturated heterocycles.